The fourth-order valence-corrected chi connectivity index (χ4v) is 3.03. The molecule has 1 unspecified atom stereocenters. The third-order valence-corrected chi connectivity index (χ3v) is 4.78. The Kier molecular flexibility index (Phi) is 5.60. The summed E-state index contributed by atoms with van der Waals surface area (Å²) in [6, 6.07) is 11.4. The van der Waals surface area contributed by atoms with Gasteiger partial charge in [-0.1, -0.05) is 23.7 Å². The van der Waals surface area contributed by atoms with E-state index in [1.165, 1.54) is 4.68 Å². The van der Waals surface area contributed by atoms with Crippen molar-refractivity contribution in [2.45, 2.75) is 32.9 Å². The van der Waals surface area contributed by atoms with Crippen LogP contribution < -0.4 is 5.32 Å². The van der Waals surface area contributed by atoms with E-state index in [-0.39, 0.29) is 23.5 Å². The fraction of sp³-hybridized carbons (Fsp3) is 0.263. The van der Waals surface area contributed by atoms with E-state index in [4.69, 9.17) is 11.6 Å². The molecule has 1 amide bonds. The summed E-state index contributed by atoms with van der Waals surface area (Å²) < 4.78 is 28.9. The van der Waals surface area contributed by atoms with Gasteiger partial charge in [0.05, 0.1) is 16.8 Å². The van der Waals surface area contributed by atoms with Crippen molar-refractivity contribution in [3.63, 3.8) is 0 Å². The largest absolute Gasteiger partial charge is 0.348 e. The van der Waals surface area contributed by atoms with Gasteiger partial charge in [-0.15, -0.1) is 0 Å². The zero-order valence-electron chi connectivity index (χ0n) is 14.9. The van der Waals surface area contributed by atoms with Crippen LogP contribution in [0.2, 0.25) is 5.02 Å². The maximum absolute atomic E-state index is 12.9. The third kappa shape index (κ3) is 4.19. The van der Waals surface area contributed by atoms with Crippen LogP contribution in [0.1, 0.15) is 36.3 Å². The Morgan fingerprint density at radius 2 is 1.96 bits per heavy atom. The van der Waals surface area contributed by atoms with Crippen molar-refractivity contribution in [1.82, 2.24) is 19.7 Å². The van der Waals surface area contributed by atoms with Crippen LogP contribution in [0.5, 0.6) is 0 Å². The van der Waals surface area contributed by atoms with Gasteiger partial charge in [0.15, 0.2) is 0 Å². The maximum Gasteiger partial charge on any atom is 0.283 e. The lowest BCUT2D eigenvalue weighted by atomic mass is 10.1. The Hall–Kier alpha value is -2.67. The molecule has 1 atom stereocenters. The molecule has 0 aliphatic heterocycles. The molecule has 0 aliphatic rings. The standard InChI is InChI=1S/C19H19ClF2N4O/c1-12(14-6-5-7-15(10-14)25-8-3-4-9-25)23-16(27)11-26-13(2)17(20)18(24-26)19(21)22/h3-10,12,19H,11H2,1-2H3,(H,23,27). The summed E-state index contributed by atoms with van der Waals surface area (Å²) >= 11 is 5.86. The molecule has 0 saturated heterocycles. The molecule has 0 saturated carbocycles. The molecule has 1 aromatic carbocycles. The molecule has 2 aromatic heterocycles. The first kappa shape index (κ1) is 19.1. The van der Waals surface area contributed by atoms with E-state index in [1.807, 2.05) is 60.3 Å². The van der Waals surface area contributed by atoms with Crippen molar-refractivity contribution in [1.29, 1.82) is 0 Å². The summed E-state index contributed by atoms with van der Waals surface area (Å²) in [6.45, 7) is 3.23. The van der Waals surface area contributed by atoms with E-state index in [0.29, 0.717) is 5.69 Å². The van der Waals surface area contributed by atoms with E-state index >= 15 is 0 Å². The predicted molar refractivity (Wildman–Crippen MR) is 99.3 cm³/mol. The highest BCUT2D eigenvalue weighted by molar-refractivity contribution is 6.31. The fourth-order valence-electron chi connectivity index (χ4n) is 2.81. The van der Waals surface area contributed by atoms with Gasteiger partial charge < -0.3 is 9.88 Å². The third-order valence-electron chi connectivity index (χ3n) is 4.31. The summed E-state index contributed by atoms with van der Waals surface area (Å²) in [4.78, 5) is 12.3. The smallest absolute Gasteiger partial charge is 0.283 e. The van der Waals surface area contributed by atoms with Crippen molar-refractivity contribution in [3.8, 4) is 5.69 Å². The van der Waals surface area contributed by atoms with Crippen molar-refractivity contribution < 1.29 is 13.6 Å². The average Bonchev–Trinajstić information content (AvgIpc) is 3.26. The number of nitrogens with zero attached hydrogens (tertiary/aromatic N) is 3. The Labute approximate surface area is 160 Å². The normalized spacial score (nSPS) is 12.4. The topological polar surface area (TPSA) is 51.9 Å². The van der Waals surface area contributed by atoms with Gasteiger partial charge in [-0.2, -0.15) is 5.10 Å². The molecular weight excluding hydrogens is 374 g/mol. The molecule has 5 nitrogen and oxygen atoms in total. The molecule has 142 valence electrons. The van der Waals surface area contributed by atoms with Gasteiger partial charge >= 0.3 is 0 Å². The first-order valence-electron chi connectivity index (χ1n) is 8.40. The van der Waals surface area contributed by atoms with E-state index in [0.717, 1.165) is 11.3 Å². The molecule has 0 bridgehead atoms. The molecule has 1 N–H and O–H groups in total. The molecule has 0 fully saturated rings. The quantitative estimate of drug-likeness (QED) is 0.673. The van der Waals surface area contributed by atoms with Crippen LogP contribution in [0.15, 0.2) is 48.8 Å². The molecule has 0 aliphatic carbocycles. The first-order valence-corrected chi connectivity index (χ1v) is 8.78. The van der Waals surface area contributed by atoms with Gasteiger partial charge in [0.25, 0.3) is 6.43 Å². The molecule has 2 heterocycles. The van der Waals surface area contributed by atoms with Crippen LogP contribution in [-0.4, -0.2) is 20.3 Å². The van der Waals surface area contributed by atoms with Crippen LogP contribution in [0.3, 0.4) is 0 Å². The van der Waals surface area contributed by atoms with E-state index < -0.39 is 12.1 Å². The van der Waals surface area contributed by atoms with Gasteiger partial charge in [-0.3, -0.25) is 9.48 Å². The molecule has 3 aromatic rings. The lowest BCUT2D eigenvalue weighted by Gasteiger charge is -2.16. The second kappa shape index (κ2) is 7.92. The van der Waals surface area contributed by atoms with E-state index in [9.17, 15) is 13.6 Å². The zero-order valence-corrected chi connectivity index (χ0v) is 15.6. The number of hydrogen-bond acceptors (Lipinski definition) is 2. The minimum absolute atomic E-state index is 0.106. The summed E-state index contributed by atoms with van der Waals surface area (Å²) in [5, 5.41) is 6.50. The van der Waals surface area contributed by atoms with Crippen LogP contribution in [-0.2, 0) is 11.3 Å². The number of alkyl halides is 2. The number of hydrogen-bond donors (Lipinski definition) is 1. The van der Waals surface area contributed by atoms with Gasteiger partial charge in [0.1, 0.15) is 12.2 Å². The minimum Gasteiger partial charge on any atom is -0.348 e. The van der Waals surface area contributed by atoms with E-state index in [2.05, 4.69) is 10.4 Å². The van der Waals surface area contributed by atoms with Crippen molar-refractivity contribution in [2.75, 3.05) is 0 Å². The van der Waals surface area contributed by atoms with Crippen molar-refractivity contribution in [2.24, 2.45) is 0 Å². The summed E-state index contributed by atoms with van der Waals surface area (Å²) in [7, 11) is 0. The highest BCUT2D eigenvalue weighted by atomic mass is 35.5. The Bertz CT molecular complexity index is 937. The molecule has 8 heteroatoms. The Morgan fingerprint density at radius 3 is 2.59 bits per heavy atom. The molecule has 0 spiro atoms. The number of carbonyl (C=O) groups excluding carboxylic acids is 1. The number of carbonyl (C=O) groups is 1. The van der Waals surface area contributed by atoms with Gasteiger partial charge in [-0.05, 0) is 43.7 Å². The summed E-state index contributed by atoms with van der Waals surface area (Å²) in [5.41, 5.74) is 1.74. The van der Waals surface area contributed by atoms with Crippen LogP contribution in [0.4, 0.5) is 8.78 Å². The summed E-state index contributed by atoms with van der Waals surface area (Å²) in [6.07, 6.45) is 1.09. The Morgan fingerprint density at radius 1 is 1.26 bits per heavy atom. The Balaban J connectivity index is 1.70. The maximum atomic E-state index is 12.9. The zero-order chi connectivity index (χ0) is 19.6. The molecule has 3 rings (SSSR count). The molecule has 27 heavy (non-hydrogen) atoms. The highest BCUT2D eigenvalue weighted by Gasteiger charge is 2.22. The number of aromatic nitrogens is 3. The van der Waals surface area contributed by atoms with Crippen molar-refractivity contribution in [3.05, 3.63) is 70.8 Å². The van der Waals surface area contributed by atoms with Gasteiger partial charge in [0.2, 0.25) is 5.91 Å². The number of benzene rings is 1. The molecular formula is C19H19ClF2N4O. The second-order valence-electron chi connectivity index (χ2n) is 6.22. The number of rotatable bonds is 6. The predicted octanol–water partition coefficient (Wildman–Crippen LogP) is 4.45. The lowest BCUT2D eigenvalue weighted by Crippen LogP contribution is -2.30. The number of amides is 1. The first-order chi connectivity index (χ1) is 12.9. The minimum atomic E-state index is -2.78. The lowest BCUT2D eigenvalue weighted by molar-refractivity contribution is -0.122. The average molecular weight is 393 g/mol. The number of halogens is 3. The second-order valence-corrected chi connectivity index (χ2v) is 6.60. The van der Waals surface area contributed by atoms with Crippen LogP contribution in [0.25, 0.3) is 5.69 Å². The van der Waals surface area contributed by atoms with Crippen LogP contribution in [0, 0.1) is 6.92 Å². The highest BCUT2D eigenvalue weighted by Crippen LogP contribution is 2.28. The van der Waals surface area contributed by atoms with Crippen LogP contribution >= 0.6 is 11.6 Å². The van der Waals surface area contributed by atoms with E-state index in [1.54, 1.807) is 6.92 Å². The van der Waals surface area contributed by atoms with Gasteiger partial charge in [-0.25, -0.2) is 8.78 Å². The summed E-state index contributed by atoms with van der Waals surface area (Å²) in [5.74, 6) is -0.336. The van der Waals surface area contributed by atoms with Crippen molar-refractivity contribution >= 4 is 17.5 Å². The number of nitrogens with one attached hydrogen (secondary N) is 1. The molecule has 0 radical (unpaired) electrons. The SMILES string of the molecule is Cc1c(Cl)c(C(F)F)nn1CC(=O)NC(C)c1cccc(-n2cccc2)c1. The monoisotopic (exact) mass is 392 g/mol. The van der Waals surface area contributed by atoms with Gasteiger partial charge in [0, 0.05) is 18.1 Å².